The van der Waals surface area contributed by atoms with Gasteiger partial charge in [-0.1, -0.05) is 30.3 Å². The largest absolute Gasteiger partial charge is 1.00 e. The molecule has 8 heteroatoms. The number of carboxylic acids is 1. The molecule has 0 saturated carbocycles. The fraction of sp³-hybridized carbons (Fsp3) is 0.400. The molecule has 2 fully saturated rings. The van der Waals surface area contributed by atoms with Gasteiger partial charge in [-0.05, 0) is 5.56 Å². The summed E-state index contributed by atoms with van der Waals surface area (Å²) in [5.74, 6) is -1.75. The van der Waals surface area contributed by atoms with Gasteiger partial charge in [0, 0.05) is 13.0 Å². The zero-order valence-corrected chi connectivity index (χ0v) is 15.9. The van der Waals surface area contributed by atoms with Crippen LogP contribution < -0.4 is 56.5 Å². The third-order valence-corrected chi connectivity index (χ3v) is 4.01. The van der Waals surface area contributed by atoms with E-state index in [9.17, 15) is 19.5 Å². The Balaban J connectivity index is 0.00000192. The summed E-state index contributed by atoms with van der Waals surface area (Å²) in [4.78, 5) is 37.4. The molecule has 2 atom stereocenters. The maximum absolute atomic E-state index is 12.1. The average molecular weight is 342 g/mol. The molecule has 7 nitrogen and oxygen atoms in total. The van der Waals surface area contributed by atoms with Gasteiger partial charge in [0.1, 0.15) is 12.6 Å². The van der Waals surface area contributed by atoms with Crippen LogP contribution in [0.15, 0.2) is 30.3 Å². The number of urea groups is 1. The molecule has 2 bridgehead atoms. The van der Waals surface area contributed by atoms with E-state index in [1.54, 1.807) is 0 Å². The Labute approximate surface area is 176 Å². The van der Waals surface area contributed by atoms with Crippen LogP contribution in [-0.2, 0) is 20.9 Å². The Morgan fingerprint density at radius 3 is 2.57 bits per heavy atom. The van der Waals surface area contributed by atoms with Crippen molar-refractivity contribution in [3.05, 3.63) is 35.9 Å². The van der Waals surface area contributed by atoms with Gasteiger partial charge in [0.15, 0.2) is 0 Å². The van der Waals surface area contributed by atoms with Gasteiger partial charge >= 0.3 is 63.4 Å². The Hall–Kier alpha value is -0.934. The standard InChI is InChI=1S/C15H16N2O5.K/c18-13(19)8-16-11-6-12(17(7-11)15(16)21)14(20)22-9-10-4-2-1-3-5-10;/h1-5,11-12H,6-9H2,(H,18,19);/q;+1/p-1/t11-,12-;/m1./s1. The summed E-state index contributed by atoms with van der Waals surface area (Å²) in [6.45, 7) is 0.0780. The first-order chi connectivity index (χ1) is 10.6. The van der Waals surface area contributed by atoms with Gasteiger partial charge in [-0.2, -0.15) is 0 Å². The molecule has 0 N–H and O–H groups in total. The van der Waals surface area contributed by atoms with Crippen molar-refractivity contribution in [1.82, 2.24) is 9.80 Å². The number of nitrogens with zero attached hydrogens (tertiary/aromatic N) is 2. The smallest absolute Gasteiger partial charge is 0.548 e. The number of amides is 2. The molecule has 1 aromatic carbocycles. The quantitative estimate of drug-likeness (QED) is 0.407. The van der Waals surface area contributed by atoms with E-state index in [-0.39, 0.29) is 64.0 Å². The molecule has 3 rings (SSSR count). The van der Waals surface area contributed by atoms with Gasteiger partial charge < -0.3 is 24.4 Å². The Bertz CT molecular complexity index is 609. The van der Waals surface area contributed by atoms with Crippen molar-refractivity contribution in [1.29, 1.82) is 0 Å². The van der Waals surface area contributed by atoms with E-state index in [1.807, 2.05) is 30.3 Å². The van der Waals surface area contributed by atoms with Crippen LogP contribution in [0, 0.1) is 0 Å². The maximum atomic E-state index is 12.1. The second kappa shape index (κ2) is 7.76. The molecule has 23 heavy (non-hydrogen) atoms. The predicted molar refractivity (Wildman–Crippen MR) is 72.2 cm³/mol. The van der Waals surface area contributed by atoms with E-state index in [0.717, 1.165) is 5.56 Å². The molecule has 116 valence electrons. The average Bonchev–Trinajstić information content (AvgIpc) is 3.06. The molecule has 2 saturated heterocycles. The first kappa shape index (κ1) is 18.4. The van der Waals surface area contributed by atoms with Crippen LogP contribution >= 0.6 is 0 Å². The van der Waals surface area contributed by atoms with Crippen LogP contribution in [0.4, 0.5) is 4.79 Å². The van der Waals surface area contributed by atoms with Crippen molar-refractivity contribution in [3.8, 4) is 0 Å². The number of esters is 1. The number of rotatable bonds is 5. The van der Waals surface area contributed by atoms with E-state index in [4.69, 9.17) is 4.74 Å². The normalized spacial score (nSPS) is 22.0. The molecule has 2 heterocycles. The van der Waals surface area contributed by atoms with Crippen LogP contribution in [0.5, 0.6) is 0 Å². The first-order valence-corrected chi connectivity index (χ1v) is 7.04. The van der Waals surface area contributed by atoms with Gasteiger partial charge in [0.05, 0.1) is 18.6 Å². The van der Waals surface area contributed by atoms with Gasteiger partial charge in [0.25, 0.3) is 0 Å². The number of aliphatic carboxylic acids is 1. The van der Waals surface area contributed by atoms with E-state index in [2.05, 4.69) is 0 Å². The van der Waals surface area contributed by atoms with Gasteiger partial charge in [-0.25, -0.2) is 9.59 Å². The van der Waals surface area contributed by atoms with Crippen molar-refractivity contribution >= 4 is 18.0 Å². The fourth-order valence-corrected chi connectivity index (χ4v) is 2.96. The number of carbonyl (C=O) groups is 3. The van der Waals surface area contributed by atoms with Crippen LogP contribution in [0.1, 0.15) is 12.0 Å². The second-order valence-electron chi connectivity index (χ2n) is 5.43. The van der Waals surface area contributed by atoms with E-state index >= 15 is 0 Å². The molecule has 2 amide bonds. The monoisotopic (exact) mass is 342 g/mol. The summed E-state index contributed by atoms with van der Waals surface area (Å²) in [6, 6.07) is 7.94. The van der Waals surface area contributed by atoms with Crippen molar-refractivity contribution < 1.29 is 75.6 Å². The molecule has 0 radical (unpaired) electrons. The summed E-state index contributed by atoms with van der Waals surface area (Å²) in [6.07, 6.45) is 0.395. The Kier molecular flexibility index (Phi) is 6.21. The van der Waals surface area contributed by atoms with Gasteiger partial charge in [0.2, 0.25) is 0 Å². The number of fused-ring (bicyclic) bond motifs is 2. The Morgan fingerprint density at radius 1 is 1.26 bits per heavy atom. The molecule has 2 aliphatic rings. The van der Waals surface area contributed by atoms with E-state index in [0.29, 0.717) is 13.0 Å². The predicted octanol–water partition coefficient (Wildman–Crippen LogP) is -3.64. The third kappa shape index (κ3) is 3.94. The maximum Gasteiger partial charge on any atom is 1.00 e. The van der Waals surface area contributed by atoms with E-state index < -0.39 is 30.6 Å². The van der Waals surface area contributed by atoms with Crippen LogP contribution in [-0.4, -0.2) is 52.9 Å². The molecule has 0 aromatic heterocycles. The van der Waals surface area contributed by atoms with Crippen LogP contribution in [0.25, 0.3) is 0 Å². The number of hydrogen-bond donors (Lipinski definition) is 0. The van der Waals surface area contributed by atoms with Crippen molar-refractivity contribution in [2.45, 2.75) is 25.1 Å². The number of hydrogen-bond acceptors (Lipinski definition) is 5. The SMILES string of the molecule is O=C([O-])CN1C(=O)N2C[C@H]1C[C@@H]2C(=O)OCc1ccccc1.[K+]. The summed E-state index contributed by atoms with van der Waals surface area (Å²) in [5.41, 5.74) is 0.874. The fourth-order valence-electron chi connectivity index (χ4n) is 2.96. The van der Waals surface area contributed by atoms with Gasteiger partial charge in [-0.15, -0.1) is 0 Å². The zero-order chi connectivity index (χ0) is 15.7. The number of carboxylic acid groups (broad SMARTS) is 1. The number of benzene rings is 1. The van der Waals surface area contributed by atoms with Crippen molar-refractivity contribution in [2.24, 2.45) is 0 Å². The molecule has 0 aliphatic carbocycles. The molecular formula is C15H15KN2O5. The second-order valence-corrected chi connectivity index (χ2v) is 5.43. The summed E-state index contributed by atoms with van der Waals surface area (Å²) < 4.78 is 5.25. The summed E-state index contributed by atoms with van der Waals surface area (Å²) in [7, 11) is 0. The third-order valence-electron chi connectivity index (χ3n) is 4.01. The molecular weight excluding hydrogens is 327 g/mol. The summed E-state index contributed by atoms with van der Waals surface area (Å²) in [5, 5.41) is 10.6. The molecule has 1 aromatic rings. The molecule has 0 unspecified atom stereocenters. The van der Waals surface area contributed by atoms with Crippen LogP contribution in [0.2, 0.25) is 0 Å². The Morgan fingerprint density at radius 2 is 1.96 bits per heavy atom. The minimum Gasteiger partial charge on any atom is -0.548 e. The van der Waals surface area contributed by atoms with Crippen molar-refractivity contribution in [3.63, 3.8) is 0 Å². The van der Waals surface area contributed by atoms with E-state index in [1.165, 1.54) is 9.80 Å². The number of ether oxygens (including phenoxy) is 1. The minimum atomic E-state index is -1.30. The van der Waals surface area contributed by atoms with Gasteiger partial charge in [-0.3, -0.25) is 0 Å². The first-order valence-electron chi connectivity index (χ1n) is 7.04. The topological polar surface area (TPSA) is 90.0 Å². The minimum absolute atomic E-state index is 0. The van der Waals surface area contributed by atoms with Crippen molar-refractivity contribution in [2.75, 3.05) is 13.1 Å². The summed E-state index contributed by atoms with van der Waals surface area (Å²) >= 11 is 0. The molecule has 2 aliphatic heterocycles. The van der Waals surface area contributed by atoms with Crippen LogP contribution in [0.3, 0.4) is 0 Å². The molecule has 0 spiro atoms. The zero-order valence-electron chi connectivity index (χ0n) is 12.8. The number of carbonyl (C=O) groups excluding carboxylic acids is 3.